The highest BCUT2D eigenvalue weighted by Crippen LogP contribution is 2.23. The molecule has 0 aliphatic carbocycles. The molecule has 0 saturated heterocycles. The second kappa shape index (κ2) is 7.70. The number of nitrogens with one attached hydrogen (secondary N) is 1. The Morgan fingerprint density at radius 2 is 2.12 bits per heavy atom. The zero-order valence-corrected chi connectivity index (χ0v) is 14.0. The van der Waals surface area contributed by atoms with Crippen molar-refractivity contribution in [2.75, 3.05) is 11.9 Å². The molecule has 122 valence electrons. The first-order chi connectivity index (χ1) is 11.7. The van der Waals surface area contributed by atoms with Crippen molar-refractivity contribution in [2.45, 2.75) is 13.3 Å². The topological polar surface area (TPSA) is 64.1 Å². The number of aromatic nitrogens is 2. The minimum atomic E-state index is -0.237. The number of aryl methyl sites for hydroxylation is 1. The summed E-state index contributed by atoms with van der Waals surface area (Å²) in [5, 5.41) is 5.15. The van der Waals surface area contributed by atoms with Crippen LogP contribution in [0.25, 0.3) is 11.4 Å². The highest BCUT2D eigenvalue weighted by Gasteiger charge is 2.09. The molecular weight excluding hydrogens is 322 g/mol. The van der Waals surface area contributed by atoms with E-state index in [4.69, 9.17) is 4.74 Å². The van der Waals surface area contributed by atoms with Crippen LogP contribution in [0.4, 0.5) is 5.13 Å². The molecule has 0 radical (unpaired) electrons. The monoisotopic (exact) mass is 339 g/mol. The smallest absolute Gasteiger partial charge is 0.264 e. The number of benzene rings is 1. The average molecular weight is 339 g/mol. The molecule has 0 bridgehead atoms. The van der Waals surface area contributed by atoms with E-state index in [0.29, 0.717) is 10.9 Å². The quantitative estimate of drug-likeness (QED) is 0.742. The van der Waals surface area contributed by atoms with Crippen LogP contribution in [0.2, 0.25) is 0 Å². The lowest BCUT2D eigenvalue weighted by Crippen LogP contribution is -2.20. The van der Waals surface area contributed by atoms with Gasteiger partial charge < -0.3 is 4.74 Å². The number of anilines is 1. The second-order valence-corrected chi connectivity index (χ2v) is 5.95. The summed E-state index contributed by atoms with van der Waals surface area (Å²) in [6.45, 7) is 2.03. The van der Waals surface area contributed by atoms with Gasteiger partial charge in [0.15, 0.2) is 11.7 Å². The van der Waals surface area contributed by atoms with Crippen molar-refractivity contribution in [1.82, 2.24) is 9.97 Å². The second-order valence-electron chi connectivity index (χ2n) is 5.09. The fourth-order valence-electron chi connectivity index (χ4n) is 2.12. The zero-order valence-electron chi connectivity index (χ0n) is 13.2. The van der Waals surface area contributed by atoms with Crippen LogP contribution in [0.5, 0.6) is 5.75 Å². The Bertz CT molecular complexity index is 818. The highest BCUT2D eigenvalue weighted by molar-refractivity contribution is 7.14. The van der Waals surface area contributed by atoms with E-state index in [9.17, 15) is 4.79 Å². The van der Waals surface area contributed by atoms with Crippen LogP contribution in [0.1, 0.15) is 12.5 Å². The van der Waals surface area contributed by atoms with Gasteiger partial charge in [-0.2, -0.15) is 0 Å². The van der Waals surface area contributed by atoms with Crippen molar-refractivity contribution in [3.8, 4) is 17.1 Å². The van der Waals surface area contributed by atoms with Gasteiger partial charge in [0.2, 0.25) is 0 Å². The largest absolute Gasteiger partial charge is 0.484 e. The Hall–Kier alpha value is -2.73. The number of hydrogen-bond donors (Lipinski definition) is 1. The summed E-state index contributed by atoms with van der Waals surface area (Å²) in [5.41, 5.74) is 2.70. The molecule has 3 aromatic rings. The van der Waals surface area contributed by atoms with Crippen LogP contribution in [-0.2, 0) is 11.2 Å². The molecule has 1 aromatic carbocycles. The fourth-order valence-corrected chi connectivity index (χ4v) is 2.84. The van der Waals surface area contributed by atoms with Crippen LogP contribution >= 0.6 is 11.3 Å². The number of carbonyl (C=O) groups excluding carboxylic acids is 1. The summed E-state index contributed by atoms with van der Waals surface area (Å²) < 4.78 is 5.53. The van der Waals surface area contributed by atoms with E-state index in [1.165, 1.54) is 16.9 Å². The van der Waals surface area contributed by atoms with Crippen LogP contribution in [0.3, 0.4) is 0 Å². The van der Waals surface area contributed by atoms with Crippen LogP contribution in [-0.4, -0.2) is 22.5 Å². The van der Waals surface area contributed by atoms with Crippen LogP contribution < -0.4 is 10.1 Å². The number of amides is 1. The van der Waals surface area contributed by atoms with E-state index in [1.807, 2.05) is 47.8 Å². The summed E-state index contributed by atoms with van der Waals surface area (Å²) in [7, 11) is 0. The lowest BCUT2D eigenvalue weighted by atomic mass is 10.2. The van der Waals surface area contributed by atoms with Gasteiger partial charge in [-0.15, -0.1) is 11.3 Å². The standard InChI is InChI=1S/C18H17N3O2S/c1-2-13-6-5-7-14(10-13)23-11-17(22)21-18-20-16(12-24-18)15-8-3-4-9-19-15/h3-10,12H,2,11H2,1H3,(H,20,21,22). The van der Waals surface area contributed by atoms with Gasteiger partial charge in [0, 0.05) is 11.6 Å². The molecule has 2 aromatic heterocycles. The Labute approximate surface area is 144 Å². The number of thiazole rings is 1. The predicted octanol–water partition coefficient (Wildman–Crippen LogP) is 3.79. The normalized spacial score (nSPS) is 10.4. The van der Waals surface area contributed by atoms with E-state index in [2.05, 4.69) is 22.2 Å². The van der Waals surface area contributed by atoms with E-state index >= 15 is 0 Å². The molecule has 0 aliphatic rings. The Balaban J connectivity index is 1.56. The van der Waals surface area contributed by atoms with E-state index in [1.54, 1.807) is 6.20 Å². The molecule has 0 unspecified atom stereocenters. The van der Waals surface area contributed by atoms with Crippen molar-refractivity contribution in [3.05, 3.63) is 59.6 Å². The molecule has 0 aliphatic heterocycles. The molecule has 0 saturated carbocycles. The van der Waals surface area contributed by atoms with Crippen molar-refractivity contribution in [1.29, 1.82) is 0 Å². The molecule has 1 amide bonds. The summed E-state index contributed by atoms with van der Waals surface area (Å²) in [6.07, 6.45) is 2.64. The first kappa shape index (κ1) is 16.1. The van der Waals surface area contributed by atoms with Crippen LogP contribution in [0, 0.1) is 0 Å². The third-order valence-corrected chi connectivity index (χ3v) is 4.11. The van der Waals surface area contributed by atoms with E-state index in [0.717, 1.165) is 17.8 Å². The SMILES string of the molecule is CCc1cccc(OCC(=O)Nc2nc(-c3ccccn3)cs2)c1. The molecule has 0 spiro atoms. The number of nitrogens with zero attached hydrogens (tertiary/aromatic N) is 2. The van der Waals surface area contributed by atoms with Gasteiger partial charge in [-0.05, 0) is 36.2 Å². The summed E-state index contributed by atoms with van der Waals surface area (Å²) in [4.78, 5) is 20.6. The molecule has 0 fully saturated rings. The molecule has 6 heteroatoms. The average Bonchev–Trinajstić information content (AvgIpc) is 3.09. The van der Waals surface area contributed by atoms with Gasteiger partial charge in [0.05, 0.1) is 5.69 Å². The molecule has 2 heterocycles. The summed E-state index contributed by atoms with van der Waals surface area (Å²) in [5.74, 6) is 0.455. The van der Waals surface area contributed by atoms with Crippen LogP contribution in [0.15, 0.2) is 54.0 Å². The minimum Gasteiger partial charge on any atom is -0.484 e. The van der Waals surface area contributed by atoms with Gasteiger partial charge >= 0.3 is 0 Å². The lowest BCUT2D eigenvalue weighted by Gasteiger charge is -2.07. The molecule has 3 rings (SSSR count). The van der Waals surface area contributed by atoms with Crippen molar-refractivity contribution in [3.63, 3.8) is 0 Å². The van der Waals surface area contributed by atoms with Gasteiger partial charge in [0.1, 0.15) is 11.4 Å². The highest BCUT2D eigenvalue weighted by atomic mass is 32.1. The van der Waals surface area contributed by atoms with Crippen molar-refractivity contribution < 1.29 is 9.53 Å². The molecule has 1 N–H and O–H groups in total. The number of ether oxygens (including phenoxy) is 1. The Kier molecular flexibility index (Phi) is 5.18. The molecular formula is C18H17N3O2S. The lowest BCUT2D eigenvalue weighted by molar-refractivity contribution is -0.118. The maximum atomic E-state index is 12.0. The maximum absolute atomic E-state index is 12.0. The van der Waals surface area contributed by atoms with Gasteiger partial charge in [-0.25, -0.2) is 4.98 Å². The fraction of sp³-hybridized carbons (Fsp3) is 0.167. The first-order valence-electron chi connectivity index (χ1n) is 7.63. The zero-order chi connectivity index (χ0) is 16.8. The molecule has 0 atom stereocenters. The van der Waals surface area contributed by atoms with E-state index in [-0.39, 0.29) is 12.5 Å². The Morgan fingerprint density at radius 3 is 2.92 bits per heavy atom. The molecule has 5 nitrogen and oxygen atoms in total. The van der Waals surface area contributed by atoms with Gasteiger partial charge in [-0.3, -0.25) is 15.1 Å². The predicted molar refractivity (Wildman–Crippen MR) is 95.3 cm³/mol. The Morgan fingerprint density at radius 1 is 1.21 bits per heavy atom. The maximum Gasteiger partial charge on any atom is 0.264 e. The first-order valence-corrected chi connectivity index (χ1v) is 8.51. The summed E-state index contributed by atoms with van der Waals surface area (Å²) in [6, 6.07) is 13.4. The number of rotatable bonds is 6. The number of hydrogen-bond acceptors (Lipinski definition) is 5. The number of pyridine rings is 1. The minimum absolute atomic E-state index is 0.0499. The summed E-state index contributed by atoms with van der Waals surface area (Å²) >= 11 is 1.36. The van der Waals surface area contributed by atoms with Gasteiger partial charge in [-0.1, -0.05) is 25.1 Å². The molecule has 24 heavy (non-hydrogen) atoms. The third kappa shape index (κ3) is 4.17. The van der Waals surface area contributed by atoms with Crippen molar-refractivity contribution in [2.24, 2.45) is 0 Å². The van der Waals surface area contributed by atoms with Crippen molar-refractivity contribution >= 4 is 22.4 Å². The van der Waals surface area contributed by atoms with E-state index < -0.39 is 0 Å². The van der Waals surface area contributed by atoms with Gasteiger partial charge in [0.25, 0.3) is 5.91 Å². The number of carbonyl (C=O) groups is 1. The third-order valence-electron chi connectivity index (χ3n) is 3.35.